The van der Waals surface area contributed by atoms with Crippen molar-refractivity contribution in [2.45, 2.75) is 45.3 Å². The van der Waals surface area contributed by atoms with Gasteiger partial charge < -0.3 is 15.9 Å². The van der Waals surface area contributed by atoms with Gasteiger partial charge in [-0.15, -0.1) is 0 Å². The number of aliphatic hydroxyl groups is 1. The number of carboxylic acids is 1. The number of carbonyl (C=O) groups is 2. The Morgan fingerprint density at radius 1 is 1.42 bits per heavy atom. The van der Waals surface area contributed by atoms with Gasteiger partial charge in [0.1, 0.15) is 11.6 Å². The minimum absolute atomic E-state index is 0.192. The molecule has 2 atom stereocenters. The molecule has 0 radical (unpaired) electrons. The molecule has 0 aromatic rings. The summed E-state index contributed by atoms with van der Waals surface area (Å²) in [4.78, 5) is 23.6. The summed E-state index contributed by atoms with van der Waals surface area (Å²) in [5.41, 5.74) is 8.55. The molecule has 1 unspecified atom stereocenters. The van der Waals surface area contributed by atoms with Crippen molar-refractivity contribution in [3.8, 4) is 0 Å². The number of carbonyl (C=O) groups excluding carboxylic acids is 1. The number of rotatable bonds is 5. The van der Waals surface area contributed by atoms with Gasteiger partial charge in [-0.3, -0.25) is 9.59 Å². The first-order valence-corrected chi connectivity index (χ1v) is 9.26. The molecule has 0 amide bonds. The predicted molar refractivity (Wildman–Crippen MR) is 93.7 cm³/mol. The van der Waals surface area contributed by atoms with Crippen molar-refractivity contribution in [3.63, 3.8) is 0 Å². The lowest BCUT2D eigenvalue weighted by Crippen LogP contribution is -2.49. The predicted octanol–water partition coefficient (Wildman–Crippen LogP) is 1.82. The van der Waals surface area contributed by atoms with Crippen LogP contribution in [0.4, 0.5) is 0 Å². The normalized spacial score (nSPS) is 29.0. The van der Waals surface area contributed by atoms with Gasteiger partial charge in [-0.1, -0.05) is 5.57 Å². The van der Waals surface area contributed by atoms with Crippen LogP contribution in [0, 0.1) is 5.41 Å². The third kappa shape index (κ3) is 2.31. The smallest absolute Gasteiger partial charge is 0.321 e. The molecule has 6 heteroatoms. The lowest BCUT2D eigenvalue weighted by Gasteiger charge is -2.39. The zero-order chi connectivity index (χ0) is 17.9. The molecule has 24 heavy (non-hydrogen) atoms. The van der Waals surface area contributed by atoms with Crippen molar-refractivity contribution in [3.05, 3.63) is 33.9 Å². The number of hydrogen-bond acceptors (Lipinski definition) is 5. The number of aliphatic carboxylic acids is 1. The van der Waals surface area contributed by atoms with E-state index in [1.54, 1.807) is 6.92 Å². The fourth-order valence-electron chi connectivity index (χ4n) is 3.96. The van der Waals surface area contributed by atoms with Crippen LogP contribution in [-0.2, 0) is 9.59 Å². The van der Waals surface area contributed by atoms with E-state index in [1.807, 2.05) is 19.9 Å². The SMILES string of the molecule is CC1=C(CSCC(N)C(=O)O)C2=C(C)C3(CC3)[C@@](C)(O)C(=O)C2=C1. The lowest BCUT2D eigenvalue weighted by molar-refractivity contribution is -0.138. The molecule has 3 aliphatic carbocycles. The third-order valence-corrected chi connectivity index (χ3v) is 6.82. The van der Waals surface area contributed by atoms with Gasteiger partial charge in [0.05, 0.1) is 0 Å². The van der Waals surface area contributed by atoms with Crippen LogP contribution in [0.15, 0.2) is 33.9 Å². The first kappa shape index (κ1) is 17.5. The van der Waals surface area contributed by atoms with Gasteiger partial charge in [-0.2, -0.15) is 11.8 Å². The average Bonchev–Trinajstić information content (AvgIpc) is 3.26. The van der Waals surface area contributed by atoms with Gasteiger partial charge in [0, 0.05) is 22.5 Å². The molecule has 1 spiro atoms. The molecule has 130 valence electrons. The topological polar surface area (TPSA) is 101 Å². The van der Waals surface area contributed by atoms with Crippen LogP contribution in [-0.4, -0.2) is 45.1 Å². The molecule has 0 aromatic carbocycles. The largest absolute Gasteiger partial charge is 0.480 e. The quantitative estimate of drug-likeness (QED) is 0.700. The Balaban J connectivity index is 1.88. The van der Waals surface area contributed by atoms with E-state index in [9.17, 15) is 14.7 Å². The number of ketones is 1. The van der Waals surface area contributed by atoms with E-state index in [4.69, 9.17) is 10.8 Å². The number of fused-ring (bicyclic) bond motifs is 1. The Labute approximate surface area is 145 Å². The Morgan fingerprint density at radius 3 is 2.58 bits per heavy atom. The second-order valence-corrected chi connectivity index (χ2v) is 8.19. The first-order valence-electron chi connectivity index (χ1n) is 8.10. The first-order chi connectivity index (χ1) is 11.1. The molecule has 0 saturated heterocycles. The maximum Gasteiger partial charge on any atom is 0.321 e. The van der Waals surface area contributed by atoms with E-state index in [2.05, 4.69) is 0 Å². The van der Waals surface area contributed by atoms with Crippen LogP contribution in [0.5, 0.6) is 0 Å². The van der Waals surface area contributed by atoms with Gasteiger partial charge in [-0.25, -0.2) is 0 Å². The molecule has 5 nitrogen and oxygen atoms in total. The van der Waals surface area contributed by atoms with E-state index in [-0.39, 0.29) is 5.78 Å². The number of hydrogen-bond donors (Lipinski definition) is 3. The minimum Gasteiger partial charge on any atom is -0.480 e. The summed E-state index contributed by atoms with van der Waals surface area (Å²) in [6.45, 7) is 5.61. The molecule has 0 bridgehead atoms. The minimum atomic E-state index is -1.33. The molecule has 0 aromatic heterocycles. The van der Waals surface area contributed by atoms with Crippen molar-refractivity contribution in [2.24, 2.45) is 11.1 Å². The highest BCUT2D eigenvalue weighted by molar-refractivity contribution is 7.99. The van der Waals surface area contributed by atoms with Crippen molar-refractivity contribution in [2.75, 3.05) is 11.5 Å². The number of nitrogens with two attached hydrogens (primary N) is 1. The van der Waals surface area contributed by atoms with Gasteiger partial charge in [0.25, 0.3) is 0 Å². The Morgan fingerprint density at radius 2 is 2.04 bits per heavy atom. The highest BCUT2D eigenvalue weighted by atomic mass is 32.2. The molecular formula is C18H23NO4S. The van der Waals surface area contributed by atoms with Gasteiger partial charge in [0.15, 0.2) is 5.78 Å². The summed E-state index contributed by atoms with van der Waals surface area (Å²) in [6, 6.07) is -0.886. The number of carboxylic acid groups (broad SMARTS) is 1. The zero-order valence-corrected chi connectivity index (χ0v) is 15.0. The van der Waals surface area contributed by atoms with Crippen LogP contribution in [0.25, 0.3) is 0 Å². The van der Waals surface area contributed by atoms with E-state index in [1.165, 1.54) is 11.8 Å². The molecule has 1 saturated carbocycles. The van der Waals surface area contributed by atoms with Crippen LogP contribution in [0.2, 0.25) is 0 Å². The van der Waals surface area contributed by atoms with Crippen molar-refractivity contribution in [1.82, 2.24) is 0 Å². The van der Waals surface area contributed by atoms with Crippen molar-refractivity contribution >= 4 is 23.5 Å². The number of allylic oxidation sites excluding steroid dienone is 3. The lowest BCUT2D eigenvalue weighted by atomic mass is 9.67. The Kier molecular flexibility index (Phi) is 4.06. The molecule has 1 fully saturated rings. The van der Waals surface area contributed by atoms with E-state index in [0.717, 1.165) is 35.1 Å². The summed E-state index contributed by atoms with van der Waals surface area (Å²) >= 11 is 1.47. The van der Waals surface area contributed by atoms with E-state index in [0.29, 0.717) is 17.1 Å². The van der Waals surface area contributed by atoms with Crippen LogP contribution in [0.3, 0.4) is 0 Å². The summed E-state index contributed by atoms with van der Waals surface area (Å²) < 4.78 is 0. The fourth-order valence-corrected chi connectivity index (χ4v) is 5.05. The summed E-state index contributed by atoms with van der Waals surface area (Å²) in [5, 5.41) is 19.7. The van der Waals surface area contributed by atoms with Gasteiger partial charge >= 0.3 is 5.97 Å². The Bertz CT molecular complexity index is 725. The summed E-state index contributed by atoms with van der Waals surface area (Å²) in [5.74, 6) is -0.257. The highest BCUT2D eigenvalue weighted by Gasteiger charge is 2.64. The molecule has 3 aliphatic rings. The number of thioether (sulfide) groups is 1. The highest BCUT2D eigenvalue weighted by Crippen LogP contribution is 2.65. The molecule has 4 N–H and O–H groups in total. The van der Waals surface area contributed by atoms with Crippen LogP contribution >= 0.6 is 11.8 Å². The fraction of sp³-hybridized carbons (Fsp3) is 0.556. The van der Waals surface area contributed by atoms with Crippen molar-refractivity contribution in [1.29, 1.82) is 0 Å². The monoisotopic (exact) mass is 349 g/mol. The van der Waals surface area contributed by atoms with Crippen LogP contribution < -0.4 is 5.73 Å². The molecule has 3 rings (SSSR count). The zero-order valence-electron chi connectivity index (χ0n) is 14.2. The number of Topliss-reactive ketones (excluding diaryl/α,β-unsaturated/α-hetero) is 1. The van der Waals surface area contributed by atoms with Crippen LogP contribution in [0.1, 0.15) is 33.6 Å². The summed E-state index contributed by atoms with van der Waals surface area (Å²) in [6.07, 6.45) is 3.52. The second-order valence-electron chi connectivity index (χ2n) is 7.16. The molecular weight excluding hydrogens is 326 g/mol. The maximum atomic E-state index is 12.8. The molecule has 0 aliphatic heterocycles. The average molecular weight is 349 g/mol. The van der Waals surface area contributed by atoms with Gasteiger partial charge in [-0.05, 0) is 56.4 Å². The standard InChI is InChI=1S/C18H23NO4S/c1-9-6-11-14(12(9)7-24-8-13(19)16(21)22)10(2)18(4-5-18)17(3,23)15(11)20/h6,13,23H,4-5,7-8,19H2,1-3H3,(H,21,22)/t13?,17-/m0/s1. The third-order valence-electron chi connectivity index (χ3n) is 5.73. The molecule has 0 heterocycles. The Hall–Kier alpha value is -1.37. The second kappa shape index (κ2) is 5.58. The van der Waals surface area contributed by atoms with Crippen molar-refractivity contribution < 1.29 is 19.8 Å². The van der Waals surface area contributed by atoms with Gasteiger partial charge in [0.2, 0.25) is 0 Å². The van der Waals surface area contributed by atoms with E-state index < -0.39 is 23.0 Å². The summed E-state index contributed by atoms with van der Waals surface area (Å²) in [7, 11) is 0. The van der Waals surface area contributed by atoms with E-state index >= 15 is 0 Å². The maximum absolute atomic E-state index is 12.8.